The Morgan fingerprint density at radius 3 is 2.25 bits per heavy atom. The van der Waals surface area contributed by atoms with Crippen LogP contribution in [-0.2, 0) is 0 Å². The summed E-state index contributed by atoms with van der Waals surface area (Å²) in [5.41, 5.74) is 11.5. The SMILES string of the molecule is Nc1n[nH]c(N)c1N=Nc1ccc(OC(F)(F)F)cc1. The number of azo groups is 1. The predicted octanol–water partition coefficient (Wildman–Crippen LogP) is 2.89. The normalized spacial score (nSPS) is 11.9. The zero-order chi connectivity index (χ0) is 14.8. The number of ether oxygens (including phenoxy) is 1. The van der Waals surface area contributed by atoms with E-state index in [1.807, 2.05) is 0 Å². The predicted molar refractivity (Wildman–Crippen MR) is 64.7 cm³/mol. The first-order valence-electron chi connectivity index (χ1n) is 5.22. The number of hydrogen-bond donors (Lipinski definition) is 3. The van der Waals surface area contributed by atoms with Gasteiger partial charge in [0.15, 0.2) is 11.5 Å². The fraction of sp³-hybridized carbons (Fsp3) is 0.100. The Morgan fingerprint density at radius 1 is 1.10 bits per heavy atom. The van der Waals surface area contributed by atoms with Crippen molar-refractivity contribution in [2.24, 2.45) is 10.2 Å². The summed E-state index contributed by atoms with van der Waals surface area (Å²) >= 11 is 0. The highest BCUT2D eigenvalue weighted by molar-refractivity contribution is 5.70. The minimum atomic E-state index is -4.73. The molecule has 0 aliphatic heterocycles. The van der Waals surface area contributed by atoms with E-state index in [1.54, 1.807) is 0 Å². The van der Waals surface area contributed by atoms with E-state index >= 15 is 0 Å². The van der Waals surface area contributed by atoms with Gasteiger partial charge in [0.1, 0.15) is 11.6 Å². The van der Waals surface area contributed by atoms with Crippen molar-refractivity contribution in [1.29, 1.82) is 0 Å². The first-order chi connectivity index (χ1) is 9.35. The number of aromatic amines is 1. The Labute approximate surface area is 110 Å². The van der Waals surface area contributed by atoms with Crippen molar-refractivity contribution in [1.82, 2.24) is 10.2 Å². The summed E-state index contributed by atoms with van der Waals surface area (Å²) in [6.07, 6.45) is -4.73. The number of halogens is 3. The van der Waals surface area contributed by atoms with Crippen LogP contribution in [0.4, 0.5) is 36.2 Å². The zero-order valence-electron chi connectivity index (χ0n) is 9.85. The standard InChI is InChI=1S/C10H9F3N6O/c11-10(12,13)20-6-3-1-5(2-4-6)16-17-7-8(14)18-19-9(7)15/h1-4H,(H5,14,15,18,19). The average molecular weight is 286 g/mol. The molecule has 0 aliphatic carbocycles. The molecule has 1 aromatic carbocycles. The van der Waals surface area contributed by atoms with Crippen molar-refractivity contribution in [2.75, 3.05) is 11.5 Å². The van der Waals surface area contributed by atoms with Crippen molar-refractivity contribution in [3.63, 3.8) is 0 Å². The Hall–Kier alpha value is -2.78. The van der Waals surface area contributed by atoms with Crippen LogP contribution in [-0.4, -0.2) is 16.6 Å². The molecule has 2 rings (SSSR count). The van der Waals surface area contributed by atoms with Crippen LogP contribution in [0.15, 0.2) is 34.5 Å². The smallest absolute Gasteiger partial charge is 0.406 e. The maximum atomic E-state index is 12.0. The minimum Gasteiger partial charge on any atom is -0.406 e. The van der Waals surface area contributed by atoms with E-state index < -0.39 is 6.36 Å². The molecule has 20 heavy (non-hydrogen) atoms. The summed E-state index contributed by atoms with van der Waals surface area (Å²) in [7, 11) is 0. The molecule has 1 heterocycles. The molecule has 0 amide bonds. The molecule has 5 N–H and O–H groups in total. The van der Waals surface area contributed by atoms with Gasteiger partial charge >= 0.3 is 6.36 Å². The molecule has 0 bridgehead atoms. The van der Waals surface area contributed by atoms with E-state index in [2.05, 4.69) is 25.2 Å². The van der Waals surface area contributed by atoms with E-state index in [-0.39, 0.29) is 23.1 Å². The van der Waals surface area contributed by atoms with Gasteiger partial charge in [-0.2, -0.15) is 10.2 Å². The Balaban J connectivity index is 2.11. The number of rotatable bonds is 3. The van der Waals surface area contributed by atoms with Crippen LogP contribution >= 0.6 is 0 Å². The number of nitrogens with two attached hydrogens (primary N) is 2. The quantitative estimate of drug-likeness (QED) is 0.752. The van der Waals surface area contributed by atoms with E-state index in [0.29, 0.717) is 5.69 Å². The number of alkyl halides is 3. The van der Waals surface area contributed by atoms with Gasteiger partial charge in [-0.25, -0.2) is 0 Å². The number of nitrogens with one attached hydrogen (secondary N) is 1. The lowest BCUT2D eigenvalue weighted by molar-refractivity contribution is -0.274. The molecule has 0 radical (unpaired) electrons. The maximum Gasteiger partial charge on any atom is 0.573 e. The molecule has 0 aliphatic rings. The van der Waals surface area contributed by atoms with Gasteiger partial charge in [-0.3, -0.25) is 5.10 Å². The number of anilines is 2. The Morgan fingerprint density at radius 2 is 1.75 bits per heavy atom. The van der Waals surface area contributed by atoms with Crippen molar-refractivity contribution in [3.05, 3.63) is 24.3 Å². The molecule has 7 nitrogen and oxygen atoms in total. The van der Waals surface area contributed by atoms with E-state index in [4.69, 9.17) is 11.5 Å². The average Bonchev–Trinajstić information content (AvgIpc) is 2.67. The van der Waals surface area contributed by atoms with Crippen LogP contribution in [0, 0.1) is 0 Å². The maximum absolute atomic E-state index is 12.0. The van der Waals surface area contributed by atoms with Gasteiger partial charge in [0, 0.05) is 0 Å². The van der Waals surface area contributed by atoms with Crippen LogP contribution in [0.2, 0.25) is 0 Å². The highest BCUT2D eigenvalue weighted by Crippen LogP contribution is 2.29. The molecule has 2 aromatic rings. The van der Waals surface area contributed by atoms with Crippen LogP contribution in [0.5, 0.6) is 5.75 Å². The molecule has 0 saturated carbocycles. The Kier molecular flexibility index (Phi) is 3.46. The van der Waals surface area contributed by atoms with Gasteiger partial charge in [-0.05, 0) is 24.3 Å². The zero-order valence-corrected chi connectivity index (χ0v) is 9.85. The van der Waals surface area contributed by atoms with Crippen LogP contribution in [0.3, 0.4) is 0 Å². The van der Waals surface area contributed by atoms with Gasteiger partial charge < -0.3 is 16.2 Å². The molecule has 0 spiro atoms. The second-order valence-electron chi connectivity index (χ2n) is 3.61. The monoisotopic (exact) mass is 286 g/mol. The summed E-state index contributed by atoms with van der Waals surface area (Å²) in [5, 5.41) is 13.6. The lowest BCUT2D eigenvalue weighted by Gasteiger charge is -2.07. The third-order valence-corrected chi connectivity index (χ3v) is 2.13. The molecule has 0 fully saturated rings. The molecular weight excluding hydrogens is 277 g/mol. The molecule has 0 unspecified atom stereocenters. The minimum absolute atomic E-state index is 0.0725. The highest BCUT2D eigenvalue weighted by Gasteiger charge is 2.30. The number of nitrogen functional groups attached to an aromatic ring is 2. The van der Waals surface area contributed by atoms with Crippen molar-refractivity contribution in [3.8, 4) is 5.75 Å². The number of nitrogens with zero attached hydrogens (tertiary/aromatic N) is 3. The first kappa shape index (κ1) is 13.6. The fourth-order valence-corrected chi connectivity index (χ4v) is 1.29. The van der Waals surface area contributed by atoms with Gasteiger partial charge in [-0.15, -0.1) is 18.3 Å². The summed E-state index contributed by atoms with van der Waals surface area (Å²) in [6.45, 7) is 0. The van der Waals surface area contributed by atoms with Crippen molar-refractivity contribution in [2.45, 2.75) is 6.36 Å². The largest absolute Gasteiger partial charge is 0.573 e. The lowest BCUT2D eigenvalue weighted by atomic mass is 10.3. The van der Waals surface area contributed by atoms with Crippen LogP contribution < -0.4 is 16.2 Å². The number of benzene rings is 1. The van der Waals surface area contributed by atoms with E-state index in [9.17, 15) is 13.2 Å². The summed E-state index contributed by atoms with van der Waals surface area (Å²) in [4.78, 5) is 0. The number of H-pyrrole nitrogens is 1. The van der Waals surface area contributed by atoms with Crippen molar-refractivity contribution < 1.29 is 17.9 Å². The van der Waals surface area contributed by atoms with Crippen LogP contribution in [0.25, 0.3) is 0 Å². The molecular formula is C10H9F3N6O. The third kappa shape index (κ3) is 3.37. The number of aromatic nitrogens is 2. The van der Waals surface area contributed by atoms with Crippen LogP contribution in [0.1, 0.15) is 0 Å². The van der Waals surface area contributed by atoms with E-state index in [1.165, 1.54) is 12.1 Å². The van der Waals surface area contributed by atoms with Crippen molar-refractivity contribution >= 4 is 23.0 Å². The summed E-state index contributed by atoms with van der Waals surface area (Å²) in [5.74, 6) is -0.134. The van der Waals surface area contributed by atoms with Gasteiger partial charge in [0.05, 0.1) is 5.69 Å². The number of hydrogen-bond acceptors (Lipinski definition) is 6. The fourth-order valence-electron chi connectivity index (χ4n) is 1.29. The van der Waals surface area contributed by atoms with Gasteiger partial charge in [0.2, 0.25) is 0 Å². The van der Waals surface area contributed by atoms with E-state index in [0.717, 1.165) is 12.1 Å². The molecule has 0 atom stereocenters. The summed E-state index contributed by atoms with van der Waals surface area (Å²) < 4.78 is 39.6. The Bertz CT molecular complexity index is 599. The summed E-state index contributed by atoms with van der Waals surface area (Å²) in [6, 6.07) is 4.84. The molecule has 10 heteroatoms. The first-order valence-corrected chi connectivity index (χ1v) is 5.22. The highest BCUT2D eigenvalue weighted by atomic mass is 19.4. The topological polar surface area (TPSA) is 115 Å². The molecule has 106 valence electrons. The second-order valence-corrected chi connectivity index (χ2v) is 3.61. The third-order valence-electron chi connectivity index (χ3n) is 2.13. The lowest BCUT2D eigenvalue weighted by Crippen LogP contribution is -2.16. The molecule has 0 saturated heterocycles. The molecule has 1 aromatic heterocycles. The van der Waals surface area contributed by atoms with Gasteiger partial charge in [-0.1, -0.05) is 0 Å². The van der Waals surface area contributed by atoms with Gasteiger partial charge in [0.25, 0.3) is 0 Å². The second kappa shape index (κ2) is 5.07.